The molecule has 0 atom stereocenters. The molecule has 3 heterocycles. The fourth-order valence-corrected chi connectivity index (χ4v) is 4.07. The maximum Gasteiger partial charge on any atom is 0.333 e. The second-order valence-electron chi connectivity index (χ2n) is 8.01. The third-order valence-corrected chi connectivity index (χ3v) is 5.91. The third kappa shape index (κ3) is 4.33. The number of hydrogen-bond acceptors (Lipinski definition) is 6. The van der Waals surface area contributed by atoms with E-state index in [2.05, 4.69) is 15.0 Å². The van der Waals surface area contributed by atoms with E-state index in [1.807, 2.05) is 41.3 Å². The zero-order chi connectivity index (χ0) is 24.4. The van der Waals surface area contributed by atoms with Gasteiger partial charge in [0.25, 0.3) is 11.5 Å². The Morgan fingerprint density at radius 3 is 2.37 bits per heavy atom. The van der Waals surface area contributed by atoms with Crippen molar-refractivity contribution in [1.82, 2.24) is 24.4 Å². The summed E-state index contributed by atoms with van der Waals surface area (Å²) < 4.78 is 14.9. The summed E-state index contributed by atoms with van der Waals surface area (Å²) in [6.45, 7) is 1.70. The number of benzene rings is 2. The summed E-state index contributed by atoms with van der Waals surface area (Å²) in [5.74, 6) is -0.515. The highest BCUT2D eigenvalue weighted by Gasteiger charge is 2.26. The SMILES string of the molecule is O=C(c1c[nH]c(=O)n(-c2ccccc2F)c1=O)N1CCN(c2cc(-c3ccccc3)ncn2)CC1. The fourth-order valence-electron chi connectivity index (χ4n) is 4.07. The number of carbonyl (C=O) groups is 1. The lowest BCUT2D eigenvalue weighted by Gasteiger charge is -2.35. The third-order valence-electron chi connectivity index (χ3n) is 5.91. The zero-order valence-corrected chi connectivity index (χ0v) is 18.6. The number of H-pyrrole nitrogens is 1. The van der Waals surface area contributed by atoms with Crippen molar-refractivity contribution in [2.45, 2.75) is 0 Å². The van der Waals surface area contributed by atoms with Gasteiger partial charge in [0.1, 0.15) is 23.5 Å². The Morgan fingerprint density at radius 1 is 0.914 bits per heavy atom. The first kappa shape index (κ1) is 22.2. The largest absolute Gasteiger partial charge is 0.353 e. The highest BCUT2D eigenvalue weighted by molar-refractivity contribution is 5.93. The maximum absolute atomic E-state index is 14.2. The van der Waals surface area contributed by atoms with Crippen LogP contribution in [0.4, 0.5) is 10.2 Å². The molecule has 1 saturated heterocycles. The minimum absolute atomic E-state index is 0.212. The monoisotopic (exact) mass is 472 g/mol. The number of piperazine rings is 1. The lowest BCUT2D eigenvalue weighted by Crippen LogP contribution is -2.50. The van der Waals surface area contributed by atoms with E-state index in [1.54, 1.807) is 0 Å². The molecule has 2 aromatic carbocycles. The summed E-state index contributed by atoms with van der Waals surface area (Å²) in [7, 11) is 0. The van der Waals surface area contributed by atoms with E-state index in [4.69, 9.17) is 0 Å². The standard InChI is InChI=1S/C25H21FN6O3/c26-19-8-4-5-9-21(19)32-24(34)18(15-27-25(32)35)23(33)31-12-10-30(11-13-31)22-14-20(28-16-29-22)17-6-2-1-3-7-17/h1-9,14-16H,10-13H2,(H,27,35). The second-order valence-corrected chi connectivity index (χ2v) is 8.01. The Bertz CT molecular complexity index is 1490. The Balaban J connectivity index is 1.34. The number of nitrogens with zero attached hydrogens (tertiary/aromatic N) is 5. The van der Waals surface area contributed by atoms with Crippen LogP contribution in [-0.4, -0.2) is 56.5 Å². The summed E-state index contributed by atoms with van der Waals surface area (Å²) >= 11 is 0. The molecule has 0 unspecified atom stereocenters. The second kappa shape index (κ2) is 9.34. The summed E-state index contributed by atoms with van der Waals surface area (Å²) in [6.07, 6.45) is 2.61. The highest BCUT2D eigenvalue weighted by Crippen LogP contribution is 2.21. The van der Waals surface area contributed by atoms with Crippen LogP contribution >= 0.6 is 0 Å². The summed E-state index contributed by atoms with van der Waals surface area (Å²) in [6, 6.07) is 17.1. The van der Waals surface area contributed by atoms with Gasteiger partial charge in [-0.1, -0.05) is 42.5 Å². The van der Waals surface area contributed by atoms with Crippen molar-refractivity contribution in [3.63, 3.8) is 0 Å². The smallest absolute Gasteiger partial charge is 0.333 e. The van der Waals surface area contributed by atoms with E-state index in [0.29, 0.717) is 30.7 Å². The maximum atomic E-state index is 14.2. The zero-order valence-electron chi connectivity index (χ0n) is 18.6. The quantitative estimate of drug-likeness (QED) is 0.488. The number of anilines is 1. The van der Waals surface area contributed by atoms with E-state index in [1.165, 1.54) is 29.4 Å². The van der Waals surface area contributed by atoms with Crippen molar-refractivity contribution in [2.75, 3.05) is 31.1 Å². The van der Waals surface area contributed by atoms with Crippen molar-refractivity contribution < 1.29 is 9.18 Å². The van der Waals surface area contributed by atoms with Crippen molar-refractivity contribution in [3.8, 4) is 16.9 Å². The van der Waals surface area contributed by atoms with Crippen LogP contribution in [-0.2, 0) is 0 Å². The summed E-state index contributed by atoms with van der Waals surface area (Å²) in [5.41, 5.74) is -0.342. The molecule has 1 N–H and O–H groups in total. The van der Waals surface area contributed by atoms with Gasteiger partial charge in [-0.05, 0) is 12.1 Å². The molecular formula is C25H21FN6O3. The predicted octanol–water partition coefficient (Wildman–Crippen LogP) is 2.08. The topological polar surface area (TPSA) is 104 Å². The van der Waals surface area contributed by atoms with E-state index in [-0.39, 0.29) is 11.3 Å². The normalized spacial score (nSPS) is 13.6. The number of para-hydroxylation sites is 1. The number of amides is 1. The van der Waals surface area contributed by atoms with Gasteiger partial charge in [0, 0.05) is 44.0 Å². The van der Waals surface area contributed by atoms with Crippen molar-refractivity contribution in [1.29, 1.82) is 0 Å². The van der Waals surface area contributed by atoms with Gasteiger partial charge in [-0.3, -0.25) is 9.59 Å². The molecular weight excluding hydrogens is 451 g/mol. The number of rotatable bonds is 4. The van der Waals surface area contributed by atoms with Gasteiger partial charge >= 0.3 is 5.69 Å². The predicted molar refractivity (Wildman–Crippen MR) is 128 cm³/mol. The van der Waals surface area contributed by atoms with Crippen LogP contribution in [0.15, 0.2) is 82.8 Å². The Labute approximate surface area is 199 Å². The molecule has 0 saturated carbocycles. The highest BCUT2D eigenvalue weighted by atomic mass is 19.1. The van der Waals surface area contributed by atoms with Crippen LogP contribution in [0.3, 0.4) is 0 Å². The van der Waals surface area contributed by atoms with Crippen LogP contribution in [0, 0.1) is 5.82 Å². The van der Waals surface area contributed by atoms with Crippen LogP contribution < -0.4 is 16.1 Å². The molecule has 1 aliphatic heterocycles. The molecule has 10 heteroatoms. The van der Waals surface area contributed by atoms with Crippen molar-refractivity contribution >= 4 is 11.7 Å². The molecule has 35 heavy (non-hydrogen) atoms. The Hall–Kier alpha value is -4.60. The molecule has 0 bridgehead atoms. The Kier molecular flexibility index (Phi) is 5.92. The van der Waals surface area contributed by atoms with E-state index >= 15 is 0 Å². The minimum Gasteiger partial charge on any atom is -0.353 e. The van der Waals surface area contributed by atoms with Gasteiger partial charge in [-0.25, -0.2) is 23.7 Å². The van der Waals surface area contributed by atoms with E-state index < -0.39 is 23.0 Å². The molecule has 1 aliphatic rings. The summed E-state index contributed by atoms with van der Waals surface area (Å²) in [4.78, 5) is 53.1. The van der Waals surface area contributed by atoms with E-state index in [9.17, 15) is 18.8 Å². The fraction of sp³-hybridized carbons (Fsp3) is 0.160. The molecule has 2 aromatic heterocycles. The molecule has 1 amide bonds. The number of aromatic nitrogens is 4. The first-order valence-electron chi connectivity index (χ1n) is 11.0. The lowest BCUT2D eigenvalue weighted by atomic mass is 10.1. The number of halogens is 1. The molecule has 0 aliphatic carbocycles. The molecule has 176 valence electrons. The molecule has 0 spiro atoms. The van der Waals surface area contributed by atoms with Crippen LogP contribution in [0.5, 0.6) is 0 Å². The number of aromatic amines is 1. The Morgan fingerprint density at radius 2 is 1.63 bits per heavy atom. The number of nitrogens with one attached hydrogen (secondary N) is 1. The number of carbonyl (C=O) groups excluding carboxylic acids is 1. The van der Waals surface area contributed by atoms with Crippen LogP contribution in [0.1, 0.15) is 10.4 Å². The van der Waals surface area contributed by atoms with Gasteiger partial charge < -0.3 is 14.8 Å². The minimum atomic E-state index is -0.866. The average Bonchev–Trinajstić information content (AvgIpc) is 2.90. The van der Waals surface area contributed by atoms with Gasteiger partial charge in [-0.15, -0.1) is 0 Å². The average molecular weight is 472 g/mol. The molecule has 1 fully saturated rings. The molecule has 9 nitrogen and oxygen atoms in total. The van der Waals surface area contributed by atoms with Gasteiger partial charge in [0.2, 0.25) is 0 Å². The van der Waals surface area contributed by atoms with E-state index in [0.717, 1.165) is 29.3 Å². The molecule has 5 rings (SSSR count). The molecule has 4 aromatic rings. The summed E-state index contributed by atoms with van der Waals surface area (Å²) in [5, 5.41) is 0. The van der Waals surface area contributed by atoms with Crippen LogP contribution in [0.2, 0.25) is 0 Å². The van der Waals surface area contributed by atoms with Crippen LogP contribution in [0.25, 0.3) is 16.9 Å². The molecule has 0 radical (unpaired) electrons. The van der Waals surface area contributed by atoms with Gasteiger partial charge in [0.15, 0.2) is 0 Å². The van der Waals surface area contributed by atoms with Crippen molar-refractivity contribution in [2.24, 2.45) is 0 Å². The first-order valence-corrected chi connectivity index (χ1v) is 11.0. The van der Waals surface area contributed by atoms with Crippen molar-refractivity contribution in [3.05, 3.63) is 105 Å². The number of hydrogen-bond donors (Lipinski definition) is 1. The first-order chi connectivity index (χ1) is 17.0. The van der Waals surface area contributed by atoms with Gasteiger partial charge in [-0.2, -0.15) is 0 Å². The van der Waals surface area contributed by atoms with Gasteiger partial charge in [0.05, 0.1) is 11.4 Å². The lowest BCUT2D eigenvalue weighted by molar-refractivity contribution is 0.0743.